The third-order valence-corrected chi connectivity index (χ3v) is 8.27. The third-order valence-electron chi connectivity index (χ3n) is 4.62. The van der Waals surface area contributed by atoms with E-state index in [1.54, 1.807) is 16.7 Å². The van der Waals surface area contributed by atoms with Crippen LogP contribution in [0, 0.1) is 0 Å². The summed E-state index contributed by atoms with van der Waals surface area (Å²) in [6.07, 6.45) is 0. The average Bonchev–Trinajstić information content (AvgIpc) is 2.73. The van der Waals surface area contributed by atoms with Crippen molar-refractivity contribution in [1.29, 1.82) is 0 Å². The lowest BCUT2D eigenvalue weighted by molar-refractivity contribution is -0.118. The fraction of sp³-hybridized carbons (Fsp3) is 0.0952. The molecule has 154 valence electrons. The number of carbonyl (C=O) groups excluding carboxylic acids is 1. The van der Waals surface area contributed by atoms with Gasteiger partial charge in [0.1, 0.15) is 4.90 Å². The summed E-state index contributed by atoms with van der Waals surface area (Å²) in [5.41, 5.74) is 1.44. The number of amides is 1. The number of hydrogen-bond acceptors (Lipinski definition) is 4. The van der Waals surface area contributed by atoms with Gasteiger partial charge in [0.25, 0.3) is 0 Å². The molecule has 1 aliphatic rings. The van der Waals surface area contributed by atoms with E-state index < -0.39 is 10.0 Å². The fourth-order valence-electron chi connectivity index (χ4n) is 3.16. The van der Waals surface area contributed by atoms with Gasteiger partial charge in [0.2, 0.25) is 15.9 Å². The Labute approximate surface area is 189 Å². The number of halogens is 2. The average molecular weight is 479 g/mol. The maximum absolute atomic E-state index is 13.3. The van der Waals surface area contributed by atoms with Gasteiger partial charge in [-0.2, -0.15) is 4.31 Å². The lowest BCUT2D eigenvalue weighted by Crippen LogP contribution is -2.40. The highest BCUT2D eigenvalue weighted by atomic mass is 35.5. The highest BCUT2D eigenvalue weighted by Gasteiger charge is 2.32. The molecule has 0 saturated heterocycles. The summed E-state index contributed by atoms with van der Waals surface area (Å²) in [5.74, 6) is -0.376. The summed E-state index contributed by atoms with van der Waals surface area (Å²) in [5, 5.41) is 0.289. The molecule has 1 amide bonds. The Hall–Kier alpha value is -2.03. The summed E-state index contributed by atoms with van der Waals surface area (Å²) in [4.78, 5) is 16.6. The number of anilines is 2. The van der Waals surface area contributed by atoms with Gasteiger partial charge in [0, 0.05) is 21.9 Å². The first-order valence-corrected chi connectivity index (χ1v) is 11.9. The van der Waals surface area contributed by atoms with E-state index in [1.807, 2.05) is 48.5 Å². The first-order chi connectivity index (χ1) is 14.3. The normalized spacial score (nSPS) is 13.1. The van der Waals surface area contributed by atoms with Crippen molar-refractivity contribution in [2.75, 3.05) is 18.5 Å². The molecular formula is C21H16Cl2N2O3S2. The molecule has 3 aromatic carbocycles. The molecule has 1 aliphatic heterocycles. The number of carbonyl (C=O) groups is 1. The van der Waals surface area contributed by atoms with Gasteiger partial charge < -0.3 is 0 Å². The van der Waals surface area contributed by atoms with Crippen LogP contribution in [0.15, 0.2) is 81.4 Å². The van der Waals surface area contributed by atoms with Crippen LogP contribution in [0.25, 0.3) is 0 Å². The first kappa shape index (κ1) is 21.2. The number of sulfonamides is 1. The van der Waals surface area contributed by atoms with Gasteiger partial charge in [0.15, 0.2) is 0 Å². The minimum absolute atomic E-state index is 0.0452. The van der Waals surface area contributed by atoms with Crippen molar-refractivity contribution < 1.29 is 13.2 Å². The zero-order valence-corrected chi connectivity index (χ0v) is 18.9. The van der Waals surface area contributed by atoms with Crippen molar-refractivity contribution in [2.24, 2.45) is 0 Å². The molecule has 0 unspecified atom stereocenters. The van der Waals surface area contributed by atoms with Crippen LogP contribution in [0.3, 0.4) is 0 Å². The number of nitrogens with zero attached hydrogens (tertiary/aromatic N) is 2. The summed E-state index contributed by atoms with van der Waals surface area (Å²) < 4.78 is 27.0. The highest BCUT2D eigenvalue weighted by Crippen LogP contribution is 2.47. The molecule has 0 bridgehead atoms. The Balaban J connectivity index is 1.68. The fourth-order valence-corrected chi connectivity index (χ4v) is 6.07. The van der Waals surface area contributed by atoms with E-state index in [0.717, 1.165) is 25.5 Å². The Morgan fingerprint density at radius 2 is 1.53 bits per heavy atom. The summed E-state index contributed by atoms with van der Waals surface area (Å²) in [7, 11) is -2.67. The molecule has 0 aromatic heterocycles. The van der Waals surface area contributed by atoms with Crippen LogP contribution in [0.5, 0.6) is 0 Å². The van der Waals surface area contributed by atoms with E-state index in [-0.39, 0.29) is 27.4 Å². The molecule has 9 heteroatoms. The molecule has 5 nitrogen and oxygen atoms in total. The van der Waals surface area contributed by atoms with Crippen molar-refractivity contribution in [3.63, 3.8) is 0 Å². The van der Waals surface area contributed by atoms with Crippen LogP contribution >= 0.6 is 35.0 Å². The number of hydrogen-bond donors (Lipinski definition) is 0. The Bertz CT molecular complexity index is 1200. The molecule has 4 rings (SSSR count). The molecule has 0 spiro atoms. The van der Waals surface area contributed by atoms with E-state index >= 15 is 0 Å². The number of benzene rings is 3. The lowest BCUT2D eigenvalue weighted by atomic mass is 10.2. The zero-order chi connectivity index (χ0) is 21.5. The molecule has 3 aromatic rings. The largest absolute Gasteiger partial charge is 0.278 e. The van der Waals surface area contributed by atoms with Crippen LogP contribution in [0.2, 0.25) is 10.0 Å². The van der Waals surface area contributed by atoms with Crippen LogP contribution in [-0.2, 0) is 14.8 Å². The molecule has 1 heterocycles. The topological polar surface area (TPSA) is 57.7 Å². The number of para-hydroxylation sites is 2. The third kappa shape index (κ3) is 3.84. The van der Waals surface area contributed by atoms with Gasteiger partial charge in [0.05, 0.1) is 22.9 Å². The lowest BCUT2D eigenvalue weighted by Gasteiger charge is -2.32. The number of rotatable bonds is 4. The molecule has 0 saturated carbocycles. The zero-order valence-electron chi connectivity index (χ0n) is 15.7. The standard InChI is InChI=1S/C21H16Cl2N2O3S2/c1-24(30(27,28)20-12-14(22)10-11-15(20)23)13-21(26)25-16-6-2-4-8-18(16)29-19-9-5-3-7-17(19)25/h2-12H,13H2,1H3. The smallest absolute Gasteiger partial charge is 0.246 e. The minimum atomic E-state index is -4.02. The van der Waals surface area contributed by atoms with Crippen molar-refractivity contribution in [3.05, 3.63) is 76.8 Å². The summed E-state index contributed by atoms with van der Waals surface area (Å²) in [6, 6.07) is 19.3. The Morgan fingerprint density at radius 1 is 0.967 bits per heavy atom. The van der Waals surface area contributed by atoms with Gasteiger partial charge in [-0.25, -0.2) is 8.42 Å². The Morgan fingerprint density at radius 3 is 2.13 bits per heavy atom. The second-order valence-corrected chi connectivity index (χ2v) is 10.5. The summed E-state index contributed by atoms with van der Waals surface area (Å²) in [6.45, 7) is -0.363. The van der Waals surface area contributed by atoms with E-state index in [9.17, 15) is 13.2 Å². The Kier molecular flexibility index (Phi) is 5.83. The monoisotopic (exact) mass is 478 g/mol. The van der Waals surface area contributed by atoms with Gasteiger partial charge in [-0.15, -0.1) is 0 Å². The molecular weight excluding hydrogens is 463 g/mol. The van der Waals surface area contributed by atoms with E-state index in [1.165, 1.54) is 25.2 Å². The summed E-state index contributed by atoms with van der Waals surface area (Å²) >= 11 is 13.6. The quantitative estimate of drug-likeness (QED) is 0.500. The molecule has 0 fully saturated rings. The first-order valence-electron chi connectivity index (χ1n) is 8.89. The minimum Gasteiger partial charge on any atom is -0.278 e. The number of likely N-dealkylation sites (N-methyl/N-ethyl adjacent to an activating group) is 1. The van der Waals surface area contributed by atoms with Gasteiger partial charge in [-0.3, -0.25) is 9.69 Å². The SMILES string of the molecule is CN(CC(=O)N1c2ccccc2Sc2ccccc21)S(=O)(=O)c1cc(Cl)ccc1Cl. The molecule has 0 N–H and O–H groups in total. The predicted octanol–water partition coefficient (Wildman–Crippen LogP) is 5.44. The highest BCUT2D eigenvalue weighted by molar-refractivity contribution is 7.99. The van der Waals surface area contributed by atoms with Crippen LogP contribution in [-0.4, -0.2) is 32.2 Å². The van der Waals surface area contributed by atoms with Crippen molar-refractivity contribution in [3.8, 4) is 0 Å². The molecule has 0 radical (unpaired) electrons. The second-order valence-electron chi connectivity index (χ2n) is 6.60. The van der Waals surface area contributed by atoms with Gasteiger partial charge >= 0.3 is 0 Å². The second kappa shape index (κ2) is 8.24. The number of fused-ring (bicyclic) bond motifs is 2. The van der Waals surface area contributed by atoms with Crippen molar-refractivity contribution >= 4 is 62.3 Å². The molecule has 30 heavy (non-hydrogen) atoms. The van der Waals surface area contributed by atoms with Crippen molar-refractivity contribution in [1.82, 2.24) is 4.31 Å². The van der Waals surface area contributed by atoms with Crippen LogP contribution < -0.4 is 4.90 Å². The van der Waals surface area contributed by atoms with E-state index in [2.05, 4.69) is 0 Å². The maximum atomic E-state index is 13.3. The van der Waals surface area contributed by atoms with Gasteiger partial charge in [-0.05, 0) is 42.5 Å². The maximum Gasteiger partial charge on any atom is 0.246 e. The van der Waals surface area contributed by atoms with Gasteiger partial charge in [-0.1, -0.05) is 59.2 Å². The van der Waals surface area contributed by atoms with E-state index in [0.29, 0.717) is 0 Å². The van der Waals surface area contributed by atoms with Crippen LogP contribution in [0.4, 0.5) is 11.4 Å². The molecule has 0 atom stereocenters. The van der Waals surface area contributed by atoms with Crippen LogP contribution in [0.1, 0.15) is 0 Å². The van der Waals surface area contributed by atoms with Crippen molar-refractivity contribution in [2.45, 2.75) is 14.7 Å². The molecule has 0 aliphatic carbocycles. The predicted molar refractivity (Wildman–Crippen MR) is 120 cm³/mol. The van der Waals surface area contributed by atoms with E-state index in [4.69, 9.17) is 23.2 Å².